The van der Waals surface area contributed by atoms with Crippen LogP contribution in [0.15, 0.2) is 53.0 Å². The molecular weight excluding hydrogens is 322 g/mol. The van der Waals surface area contributed by atoms with E-state index in [4.69, 9.17) is 0 Å². The van der Waals surface area contributed by atoms with Gasteiger partial charge in [-0.3, -0.25) is 14.4 Å². The van der Waals surface area contributed by atoms with Gasteiger partial charge < -0.3 is 5.32 Å². The molecule has 0 spiro atoms. The molecule has 2 aromatic carbocycles. The Morgan fingerprint density at radius 2 is 1.75 bits per heavy atom. The first-order valence-electron chi connectivity index (χ1n) is 5.77. The maximum Gasteiger partial charge on any atom is 0.296 e. The van der Waals surface area contributed by atoms with E-state index in [9.17, 15) is 14.4 Å². The highest BCUT2D eigenvalue weighted by molar-refractivity contribution is 9.10. The summed E-state index contributed by atoms with van der Waals surface area (Å²) in [4.78, 5) is 34.7. The maximum atomic E-state index is 11.9. The number of nitrogens with one attached hydrogen (secondary N) is 1. The number of carbonyl (C=O) groups is 3. The fourth-order valence-corrected chi connectivity index (χ4v) is 2.02. The molecule has 2 rings (SSSR count). The lowest BCUT2D eigenvalue weighted by molar-refractivity contribution is -0.112. The fraction of sp³-hybridized carbons (Fsp3) is 0. The molecule has 0 aromatic heterocycles. The Morgan fingerprint density at radius 3 is 2.40 bits per heavy atom. The standard InChI is InChI=1S/C15H10BrNO3/c16-12-6-7-13(11(8-12)9-18)17-15(20)14(19)10-4-2-1-3-5-10/h1-9H,(H,17,20). The number of benzene rings is 2. The van der Waals surface area contributed by atoms with Crippen LogP contribution in [0.1, 0.15) is 20.7 Å². The molecule has 0 aliphatic rings. The van der Waals surface area contributed by atoms with E-state index in [1.807, 2.05) is 0 Å². The second kappa shape index (κ2) is 6.25. The normalized spacial score (nSPS) is 9.85. The first-order valence-corrected chi connectivity index (χ1v) is 6.56. The summed E-state index contributed by atoms with van der Waals surface area (Å²) in [6.07, 6.45) is 0.618. The van der Waals surface area contributed by atoms with Crippen LogP contribution in [-0.4, -0.2) is 18.0 Å². The van der Waals surface area contributed by atoms with Crippen molar-refractivity contribution in [1.82, 2.24) is 0 Å². The van der Waals surface area contributed by atoms with Crippen LogP contribution in [0.25, 0.3) is 0 Å². The molecule has 20 heavy (non-hydrogen) atoms. The molecule has 0 fully saturated rings. The van der Waals surface area contributed by atoms with Gasteiger partial charge in [0, 0.05) is 15.6 Å². The molecule has 0 aliphatic carbocycles. The average molecular weight is 332 g/mol. The monoisotopic (exact) mass is 331 g/mol. The van der Waals surface area contributed by atoms with E-state index in [1.165, 1.54) is 0 Å². The van der Waals surface area contributed by atoms with E-state index in [2.05, 4.69) is 21.2 Å². The van der Waals surface area contributed by atoms with Crippen LogP contribution in [0.5, 0.6) is 0 Å². The van der Waals surface area contributed by atoms with Crippen molar-refractivity contribution in [3.8, 4) is 0 Å². The minimum Gasteiger partial charge on any atom is -0.318 e. The predicted molar refractivity (Wildman–Crippen MR) is 78.9 cm³/mol. The van der Waals surface area contributed by atoms with Gasteiger partial charge in [-0.1, -0.05) is 46.3 Å². The van der Waals surface area contributed by atoms with Crippen LogP contribution in [0.4, 0.5) is 5.69 Å². The first-order chi connectivity index (χ1) is 9.61. The van der Waals surface area contributed by atoms with Crippen LogP contribution in [0, 0.1) is 0 Å². The summed E-state index contributed by atoms with van der Waals surface area (Å²) in [5.74, 6) is -1.42. The predicted octanol–water partition coefficient (Wildman–Crippen LogP) is 3.08. The Balaban J connectivity index is 2.20. The largest absolute Gasteiger partial charge is 0.318 e. The van der Waals surface area contributed by atoms with Crippen LogP contribution in [-0.2, 0) is 4.79 Å². The number of rotatable bonds is 4. The fourth-order valence-electron chi connectivity index (χ4n) is 1.64. The summed E-state index contributed by atoms with van der Waals surface area (Å²) in [5, 5.41) is 2.45. The van der Waals surface area contributed by atoms with Crippen molar-refractivity contribution < 1.29 is 14.4 Å². The quantitative estimate of drug-likeness (QED) is 0.532. The summed E-state index contributed by atoms with van der Waals surface area (Å²) >= 11 is 3.23. The topological polar surface area (TPSA) is 63.2 Å². The number of anilines is 1. The summed E-state index contributed by atoms with van der Waals surface area (Å²) in [5.41, 5.74) is 0.904. The molecule has 0 aliphatic heterocycles. The Hall–Kier alpha value is -2.27. The number of amides is 1. The lowest BCUT2D eigenvalue weighted by atomic mass is 10.1. The summed E-state index contributed by atoms with van der Waals surface area (Å²) in [7, 11) is 0. The van der Waals surface area contributed by atoms with Crippen molar-refractivity contribution in [2.75, 3.05) is 5.32 Å². The van der Waals surface area contributed by atoms with Gasteiger partial charge in [-0.15, -0.1) is 0 Å². The summed E-state index contributed by atoms with van der Waals surface area (Å²) in [6, 6.07) is 13.0. The van der Waals surface area contributed by atoms with Crippen molar-refractivity contribution in [2.24, 2.45) is 0 Å². The lowest BCUT2D eigenvalue weighted by Gasteiger charge is -2.07. The lowest BCUT2D eigenvalue weighted by Crippen LogP contribution is -2.23. The van der Waals surface area contributed by atoms with Gasteiger partial charge in [-0.05, 0) is 18.2 Å². The van der Waals surface area contributed by atoms with Crippen molar-refractivity contribution in [1.29, 1.82) is 0 Å². The third-order valence-electron chi connectivity index (χ3n) is 2.63. The highest BCUT2D eigenvalue weighted by Crippen LogP contribution is 2.19. The maximum absolute atomic E-state index is 11.9. The second-order valence-electron chi connectivity index (χ2n) is 4.00. The Labute approximate surface area is 123 Å². The number of carbonyl (C=O) groups excluding carboxylic acids is 3. The molecule has 2 aromatic rings. The molecular formula is C15H10BrNO3. The molecule has 0 unspecified atom stereocenters. The molecule has 0 heterocycles. The zero-order valence-corrected chi connectivity index (χ0v) is 11.9. The van der Waals surface area contributed by atoms with Gasteiger partial charge in [0.25, 0.3) is 11.7 Å². The molecule has 4 nitrogen and oxygen atoms in total. The van der Waals surface area contributed by atoms with Gasteiger partial charge in [0.15, 0.2) is 6.29 Å². The molecule has 100 valence electrons. The van der Waals surface area contributed by atoms with Crippen LogP contribution in [0.2, 0.25) is 0 Å². The number of ketones is 1. The number of hydrogen-bond acceptors (Lipinski definition) is 3. The van der Waals surface area contributed by atoms with Crippen LogP contribution < -0.4 is 5.32 Å². The van der Waals surface area contributed by atoms with E-state index >= 15 is 0 Å². The minimum absolute atomic E-state index is 0.300. The third-order valence-corrected chi connectivity index (χ3v) is 3.12. The second-order valence-corrected chi connectivity index (χ2v) is 4.91. The smallest absolute Gasteiger partial charge is 0.296 e. The van der Waals surface area contributed by atoms with Crippen molar-refractivity contribution in [3.63, 3.8) is 0 Å². The number of Topliss-reactive ketones (excluding diaryl/α,β-unsaturated/α-hetero) is 1. The molecule has 0 bridgehead atoms. The SMILES string of the molecule is O=Cc1cc(Br)ccc1NC(=O)C(=O)c1ccccc1. The van der Waals surface area contributed by atoms with Gasteiger partial charge in [-0.2, -0.15) is 0 Å². The Kier molecular flexibility index (Phi) is 4.42. The van der Waals surface area contributed by atoms with E-state index in [1.54, 1.807) is 48.5 Å². The van der Waals surface area contributed by atoms with Gasteiger partial charge in [0.1, 0.15) is 0 Å². The molecule has 0 saturated carbocycles. The van der Waals surface area contributed by atoms with Crippen molar-refractivity contribution in [3.05, 3.63) is 64.1 Å². The summed E-state index contributed by atoms with van der Waals surface area (Å²) in [6.45, 7) is 0. The van der Waals surface area contributed by atoms with Gasteiger partial charge in [0.2, 0.25) is 0 Å². The zero-order chi connectivity index (χ0) is 14.5. The van der Waals surface area contributed by atoms with Crippen LogP contribution >= 0.6 is 15.9 Å². The third kappa shape index (κ3) is 3.19. The number of aldehydes is 1. The van der Waals surface area contributed by atoms with Gasteiger partial charge >= 0.3 is 0 Å². The van der Waals surface area contributed by atoms with Crippen molar-refractivity contribution in [2.45, 2.75) is 0 Å². The minimum atomic E-state index is -0.776. The Morgan fingerprint density at radius 1 is 1.05 bits per heavy atom. The van der Waals surface area contributed by atoms with E-state index in [-0.39, 0.29) is 0 Å². The molecule has 1 amide bonds. The average Bonchev–Trinajstić information content (AvgIpc) is 2.49. The Bertz CT molecular complexity index is 668. The van der Waals surface area contributed by atoms with E-state index < -0.39 is 11.7 Å². The summed E-state index contributed by atoms with van der Waals surface area (Å²) < 4.78 is 0.715. The molecule has 0 atom stereocenters. The van der Waals surface area contributed by atoms with Gasteiger partial charge in [0.05, 0.1) is 5.69 Å². The number of halogens is 1. The van der Waals surface area contributed by atoms with Crippen molar-refractivity contribution >= 4 is 39.6 Å². The molecule has 0 saturated heterocycles. The molecule has 5 heteroatoms. The first kappa shape index (κ1) is 14.1. The van der Waals surface area contributed by atoms with E-state index in [0.717, 1.165) is 0 Å². The highest BCUT2D eigenvalue weighted by atomic mass is 79.9. The van der Waals surface area contributed by atoms with Gasteiger partial charge in [-0.25, -0.2) is 0 Å². The highest BCUT2D eigenvalue weighted by Gasteiger charge is 2.17. The van der Waals surface area contributed by atoms with E-state index in [0.29, 0.717) is 27.6 Å². The number of hydrogen-bond donors (Lipinski definition) is 1. The van der Waals surface area contributed by atoms with Crippen LogP contribution in [0.3, 0.4) is 0 Å². The molecule has 0 radical (unpaired) electrons. The molecule has 1 N–H and O–H groups in total. The zero-order valence-electron chi connectivity index (χ0n) is 10.3.